The first-order valence-corrected chi connectivity index (χ1v) is 22.3. The third-order valence-corrected chi connectivity index (χ3v) is 13.2. The first-order valence-electron chi connectivity index (χ1n) is 22.3. The highest BCUT2D eigenvalue weighted by Crippen LogP contribution is 2.46. The predicted molar refractivity (Wildman–Crippen MR) is 243 cm³/mol. The van der Waals surface area contributed by atoms with Gasteiger partial charge in [0.2, 0.25) is 5.91 Å². The SMILES string of the molecule is COCC1CC(c2nc3c(ccc4cc5c(cc43)OCc3cc(-c4cnc(C6CC(C(F)(F)F)CN6C(=O)C(NC(=O)OC)C(C)C)[nH]4)ccc3-5)[nH]2)N(C(=O)C(NC(=O)OC)c2ccccc2)C1. The Morgan fingerprint density at radius 3 is 2.29 bits per heavy atom. The summed E-state index contributed by atoms with van der Waals surface area (Å²) in [5.74, 6) is -1.69. The second-order valence-corrected chi connectivity index (χ2v) is 17.9. The minimum absolute atomic E-state index is 0.0185. The summed E-state index contributed by atoms with van der Waals surface area (Å²) in [7, 11) is 4.03. The van der Waals surface area contributed by atoms with Gasteiger partial charge >= 0.3 is 18.4 Å². The Bertz CT molecular complexity index is 2890. The summed E-state index contributed by atoms with van der Waals surface area (Å²) in [6, 6.07) is 19.3. The fraction of sp³-hybridized carbons (Fsp3) is 0.388. The van der Waals surface area contributed by atoms with Crippen molar-refractivity contribution in [2.24, 2.45) is 17.8 Å². The van der Waals surface area contributed by atoms with Gasteiger partial charge in [-0.25, -0.2) is 19.6 Å². The molecule has 68 heavy (non-hydrogen) atoms. The van der Waals surface area contributed by atoms with Crippen LogP contribution in [-0.4, -0.2) is 107 Å². The number of amides is 4. The number of alkyl halides is 3. The lowest BCUT2D eigenvalue weighted by molar-refractivity contribution is -0.171. The molecule has 6 atom stereocenters. The third kappa shape index (κ3) is 8.77. The Balaban J connectivity index is 0.989. The molecular weight excluding hydrogens is 886 g/mol. The van der Waals surface area contributed by atoms with Crippen LogP contribution in [0.1, 0.15) is 67.6 Å². The second kappa shape index (κ2) is 18.5. The van der Waals surface area contributed by atoms with E-state index >= 15 is 0 Å². The monoisotopic (exact) mass is 936 g/mol. The number of nitrogens with zero attached hydrogens (tertiary/aromatic N) is 4. The number of rotatable bonds is 11. The molecule has 0 bridgehead atoms. The Hall–Kier alpha value is -7.15. The fourth-order valence-electron chi connectivity index (χ4n) is 9.80. The van der Waals surface area contributed by atoms with Crippen LogP contribution < -0.4 is 15.4 Å². The molecule has 3 aliphatic heterocycles. The number of nitrogens with one attached hydrogen (secondary N) is 4. The van der Waals surface area contributed by atoms with Crippen molar-refractivity contribution in [1.82, 2.24) is 40.4 Å². The molecule has 2 saturated heterocycles. The number of aromatic amines is 2. The van der Waals surface area contributed by atoms with Gasteiger partial charge in [-0.05, 0) is 70.7 Å². The van der Waals surface area contributed by atoms with Gasteiger partial charge in [-0.3, -0.25) is 9.59 Å². The highest BCUT2D eigenvalue weighted by Gasteiger charge is 2.51. The number of fused-ring (bicyclic) bond motifs is 6. The molecule has 356 valence electrons. The van der Waals surface area contributed by atoms with Gasteiger partial charge in [-0.15, -0.1) is 0 Å². The summed E-state index contributed by atoms with van der Waals surface area (Å²) in [6.07, 6.45) is -4.40. The van der Waals surface area contributed by atoms with Crippen molar-refractivity contribution in [2.45, 2.75) is 63.6 Å². The average Bonchev–Trinajstić information content (AvgIpc) is 4.17. The fourth-order valence-corrected chi connectivity index (χ4v) is 9.80. The number of H-pyrrole nitrogens is 2. The highest BCUT2D eigenvalue weighted by molar-refractivity contribution is 6.07. The zero-order chi connectivity index (χ0) is 48.0. The number of alkyl carbamates (subject to hydrolysis) is 2. The number of methoxy groups -OCH3 is 3. The van der Waals surface area contributed by atoms with Crippen LogP contribution in [0.3, 0.4) is 0 Å². The number of carbonyl (C=O) groups excluding carboxylic acids is 4. The summed E-state index contributed by atoms with van der Waals surface area (Å²) in [5, 5.41) is 6.96. The van der Waals surface area contributed by atoms with Crippen LogP contribution in [0.5, 0.6) is 5.75 Å². The summed E-state index contributed by atoms with van der Waals surface area (Å²) < 4.78 is 63.9. The van der Waals surface area contributed by atoms with E-state index in [4.69, 9.17) is 19.2 Å². The van der Waals surface area contributed by atoms with Gasteiger partial charge in [0, 0.05) is 37.1 Å². The molecule has 0 saturated carbocycles. The van der Waals surface area contributed by atoms with E-state index in [-0.39, 0.29) is 24.3 Å². The number of likely N-dealkylation sites (tertiary alicyclic amines) is 2. The van der Waals surface area contributed by atoms with E-state index in [1.165, 1.54) is 7.11 Å². The average molecular weight is 937 g/mol. The lowest BCUT2D eigenvalue weighted by atomic mass is 9.92. The van der Waals surface area contributed by atoms with Gasteiger partial charge in [0.15, 0.2) is 0 Å². The van der Waals surface area contributed by atoms with E-state index in [1.807, 2.05) is 42.5 Å². The number of hydrogen-bond donors (Lipinski definition) is 4. The maximum atomic E-state index is 14.4. The van der Waals surface area contributed by atoms with Crippen molar-refractivity contribution >= 4 is 45.8 Å². The summed E-state index contributed by atoms with van der Waals surface area (Å²) in [4.78, 5) is 72.0. The zero-order valence-corrected chi connectivity index (χ0v) is 38.0. The van der Waals surface area contributed by atoms with E-state index in [2.05, 4.69) is 36.4 Å². The standard InChI is InChI=1S/C49H51F3N8O8/c1-25(2)40(57-47(63)66-4)45(61)60-22-31(49(50,51)52)18-38(60)43-53-20-36(55-43)29-11-13-32-30(16-29)24-68-39-19-33-28(17-34(32)39)12-14-35-42(33)56-44(54-35)37-15-26(23-65-3)21-59(37)46(62)41(58-48(64)67-5)27-9-7-6-8-10-27/h6-14,16-17,19-20,25-26,31,37-38,40-41H,15,18,21-24H2,1-5H3,(H,53,55)(H,54,56)(H,57,63)(H,58,64). The van der Waals surface area contributed by atoms with E-state index < -0.39 is 73.2 Å². The molecule has 4 N–H and O–H groups in total. The molecular formula is C49H51F3N8O8. The van der Waals surface area contributed by atoms with Crippen molar-refractivity contribution in [3.05, 3.63) is 102 Å². The molecule has 5 heterocycles. The number of imidazole rings is 2. The normalized spacial score (nSPS) is 19.9. The van der Waals surface area contributed by atoms with Crippen LogP contribution in [0, 0.1) is 17.8 Å². The molecule has 2 aromatic heterocycles. The zero-order valence-electron chi connectivity index (χ0n) is 38.0. The largest absolute Gasteiger partial charge is 0.488 e. The third-order valence-electron chi connectivity index (χ3n) is 13.2. The van der Waals surface area contributed by atoms with Crippen molar-refractivity contribution in [3.63, 3.8) is 0 Å². The minimum atomic E-state index is -4.55. The van der Waals surface area contributed by atoms with Gasteiger partial charge in [-0.2, -0.15) is 13.2 Å². The number of hydrogen-bond acceptors (Lipinski definition) is 10. The van der Waals surface area contributed by atoms with Crippen LogP contribution in [0.2, 0.25) is 0 Å². The number of carbonyl (C=O) groups is 4. The number of benzene rings is 4. The van der Waals surface area contributed by atoms with Crippen molar-refractivity contribution in [3.8, 4) is 28.1 Å². The summed E-state index contributed by atoms with van der Waals surface area (Å²) in [6.45, 7) is 3.87. The number of aromatic nitrogens is 4. The van der Waals surface area contributed by atoms with Gasteiger partial charge < -0.3 is 49.3 Å². The van der Waals surface area contributed by atoms with Crippen molar-refractivity contribution < 1.29 is 51.3 Å². The first kappa shape index (κ1) is 46.0. The summed E-state index contributed by atoms with van der Waals surface area (Å²) >= 11 is 0. The Kier molecular flexibility index (Phi) is 12.5. The number of ether oxygens (including phenoxy) is 4. The molecule has 2 fully saturated rings. The van der Waals surface area contributed by atoms with Gasteiger partial charge in [0.05, 0.1) is 61.8 Å². The molecule has 6 unspecified atom stereocenters. The first-order chi connectivity index (χ1) is 32.6. The van der Waals surface area contributed by atoms with E-state index in [0.29, 0.717) is 47.9 Å². The quantitative estimate of drug-likeness (QED) is 0.0986. The van der Waals surface area contributed by atoms with Crippen LogP contribution in [-0.2, 0) is 30.4 Å². The van der Waals surface area contributed by atoms with Crippen LogP contribution in [0.15, 0.2) is 79.0 Å². The molecule has 9 rings (SSSR count). The molecule has 16 nitrogen and oxygen atoms in total. The molecule has 0 spiro atoms. The van der Waals surface area contributed by atoms with Gasteiger partial charge in [0.1, 0.15) is 36.1 Å². The van der Waals surface area contributed by atoms with E-state index in [1.54, 1.807) is 56.3 Å². The van der Waals surface area contributed by atoms with E-state index in [0.717, 1.165) is 50.6 Å². The smallest absolute Gasteiger partial charge is 0.407 e. The maximum absolute atomic E-state index is 14.4. The molecule has 0 aliphatic carbocycles. The predicted octanol–water partition coefficient (Wildman–Crippen LogP) is 8.13. The van der Waals surface area contributed by atoms with Crippen LogP contribution in [0.4, 0.5) is 22.8 Å². The van der Waals surface area contributed by atoms with Gasteiger partial charge in [-0.1, -0.05) is 62.4 Å². The topological polar surface area (TPSA) is 193 Å². The van der Waals surface area contributed by atoms with E-state index in [9.17, 15) is 32.3 Å². The van der Waals surface area contributed by atoms with Crippen molar-refractivity contribution in [1.29, 1.82) is 0 Å². The Labute approximate surface area is 388 Å². The summed E-state index contributed by atoms with van der Waals surface area (Å²) in [5.41, 5.74) is 6.05. The second-order valence-electron chi connectivity index (χ2n) is 17.9. The molecule has 4 aromatic carbocycles. The maximum Gasteiger partial charge on any atom is 0.407 e. The molecule has 4 amide bonds. The lowest BCUT2D eigenvalue weighted by Crippen LogP contribution is -2.51. The Morgan fingerprint density at radius 2 is 1.57 bits per heavy atom. The minimum Gasteiger partial charge on any atom is -0.488 e. The highest BCUT2D eigenvalue weighted by atomic mass is 19.4. The lowest BCUT2D eigenvalue weighted by Gasteiger charge is -2.30. The van der Waals surface area contributed by atoms with Crippen LogP contribution in [0.25, 0.3) is 44.2 Å². The van der Waals surface area contributed by atoms with Crippen LogP contribution >= 0.6 is 0 Å². The molecule has 19 heteroatoms. The Morgan fingerprint density at radius 1 is 0.838 bits per heavy atom. The molecule has 3 aliphatic rings. The van der Waals surface area contributed by atoms with Gasteiger partial charge in [0.25, 0.3) is 5.91 Å². The number of halogens is 3. The molecule has 0 radical (unpaired) electrons. The van der Waals surface area contributed by atoms with Crippen molar-refractivity contribution in [2.75, 3.05) is 41.0 Å². The molecule has 6 aromatic rings.